The lowest BCUT2D eigenvalue weighted by atomic mass is 10.0. The molecule has 2 rings (SSSR count). The van der Waals surface area contributed by atoms with Gasteiger partial charge in [0.2, 0.25) is 5.91 Å². The number of carbonyl (C=O) groups is 1. The van der Waals surface area contributed by atoms with Crippen LogP contribution in [0.15, 0.2) is 0 Å². The van der Waals surface area contributed by atoms with Crippen molar-refractivity contribution in [2.45, 2.75) is 44.6 Å². The number of hydrogen-bond acceptors (Lipinski definition) is 4. The number of ether oxygens (including phenoxy) is 1. The van der Waals surface area contributed by atoms with Crippen LogP contribution in [0.25, 0.3) is 0 Å². The van der Waals surface area contributed by atoms with Crippen molar-refractivity contribution in [2.75, 3.05) is 32.8 Å². The molecule has 1 aliphatic heterocycles. The first-order valence-electron chi connectivity index (χ1n) is 7.44. The van der Waals surface area contributed by atoms with Crippen LogP contribution in [0.2, 0.25) is 0 Å². The molecule has 0 radical (unpaired) electrons. The Morgan fingerprint density at radius 1 is 1.37 bits per heavy atom. The zero-order chi connectivity index (χ0) is 13.6. The first kappa shape index (κ1) is 14.8. The Morgan fingerprint density at radius 2 is 2.11 bits per heavy atom. The third-order valence-corrected chi connectivity index (χ3v) is 4.23. The molecule has 0 aromatic rings. The summed E-state index contributed by atoms with van der Waals surface area (Å²) < 4.78 is 5.71. The summed E-state index contributed by atoms with van der Waals surface area (Å²) in [6.07, 6.45) is 5.90. The molecule has 5 heteroatoms. The van der Waals surface area contributed by atoms with E-state index in [2.05, 4.69) is 10.6 Å². The Bertz CT molecular complexity index is 286. The molecular formula is C14H26N2O3. The Hall–Kier alpha value is -0.650. The summed E-state index contributed by atoms with van der Waals surface area (Å²) in [5.74, 6) is 0.0677. The van der Waals surface area contributed by atoms with Gasteiger partial charge in [-0.05, 0) is 50.6 Å². The van der Waals surface area contributed by atoms with E-state index >= 15 is 0 Å². The number of amides is 1. The molecule has 3 N–H and O–H groups in total. The van der Waals surface area contributed by atoms with Crippen LogP contribution >= 0.6 is 0 Å². The van der Waals surface area contributed by atoms with Gasteiger partial charge in [-0.2, -0.15) is 0 Å². The van der Waals surface area contributed by atoms with Gasteiger partial charge in [0, 0.05) is 19.6 Å². The minimum atomic E-state index is 0.0677. The highest BCUT2D eigenvalue weighted by atomic mass is 16.5. The number of hydrogen-bond donors (Lipinski definition) is 3. The third kappa shape index (κ3) is 5.09. The first-order valence-corrected chi connectivity index (χ1v) is 7.44. The van der Waals surface area contributed by atoms with Gasteiger partial charge in [-0.1, -0.05) is 0 Å². The Morgan fingerprint density at radius 3 is 2.74 bits per heavy atom. The normalized spacial score (nSPS) is 22.2. The summed E-state index contributed by atoms with van der Waals surface area (Å²) in [4.78, 5) is 11.7. The van der Waals surface area contributed by atoms with E-state index < -0.39 is 0 Å². The second kappa shape index (κ2) is 7.22. The van der Waals surface area contributed by atoms with Crippen molar-refractivity contribution >= 4 is 5.91 Å². The SMILES string of the molecule is O=C(CCOC1CCNCC1)NCC1(CCO)CC1. The quantitative estimate of drug-likeness (QED) is 0.598. The molecule has 0 atom stereocenters. The molecule has 1 saturated carbocycles. The molecule has 0 bridgehead atoms. The number of rotatable bonds is 8. The van der Waals surface area contributed by atoms with Crippen molar-refractivity contribution in [1.82, 2.24) is 10.6 Å². The highest BCUT2D eigenvalue weighted by Gasteiger charge is 2.41. The average Bonchev–Trinajstić information content (AvgIpc) is 3.19. The number of piperidine rings is 1. The summed E-state index contributed by atoms with van der Waals surface area (Å²) in [5, 5.41) is 15.2. The van der Waals surface area contributed by atoms with Crippen LogP contribution < -0.4 is 10.6 Å². The van der Waals surface area contributed by atoms with E-state index in [4.69, 9.17) is 9.84 Å². The van der Waals surface area contributed by atoms with Gasteiger partial charge in [0.25, 0.3) is 0 Å². The topological polar surface area (TPSA) is 70.6 Å². The van der Waals surface area contributed by atoms with Gasteiger partial charge < -0.3 is 20.5 Å². The van der Waals surface area contributed by atoms with Gasteiger partial charge >= 0.3 is 0 Å². The van der Waals surface area contributed by atoms with Crippen LogP contribution in [-0.2, 0) is 9.53 Å². The Balaban J connectivity index is 1.52. The van der Waals surface area contributed by atoms with Crippen molar-refractivity contribution in [3.05, 3.63) is 0 Å². The van der Waals surface area contributed by atoms with Crippen molar-refractivity contribution < 1.29 is 14.6 Å². The van der Waals surface area contributed by atoms with Gasteiger partial charge in [-0.15, -0.1) is 0 Å². The van der Waals surface area contributed by atoms with Crippen molar-refractivity contribution in [3.8, 4) is 0 Å². The standard InChI is InChI=1S/C14H26N2O3/c17-9-6-14(4-5-14)11-16-13(18)3-10-19-12-1-7-15-8-2-12/h12,15,17H,1-11H2,(H,16,18). The first-order chi connectivity index (χ1) is 9.24. The fourth-order valence-electron chi connectivity index (χ4n) is 2.58. The van der Waals surface area contributed by atoms with E-state index in [1.165, 1.54) is 0 Å². The van der Waals surface area contributed by atoms with E-state index in [1.807, 2.05) is 0 Å². The molecule has 2 aliphatic rings. The maximum atomic E-state index is 11.7. The lowest BCUT2D eigenvalue weighted by Gasteiger charge is -2.22. The van der Waals surface area contributed by atoms with Crippen LogP contribution in [0.3, 0.4) is 0 Å². The minimum Gasteiger partial charge on any atom is -0.396 e. The zero-order valence-corrected chi connectivity index (χ0v) is 11.6. The van der Waals surface area contributed by atoms with Gasteiger partial charge in [-0.3, -0.25) is 4.79 Å². The molecule has 1 heterocycles. The molecule has 0 spiro atoms. The molecule has 2 fully saturated rings. The molecule has 1 aliphatic carbocycles. The van der Waals surface area contributed by atoms with E-state index in [-0.39, 0.29) is 17.9 Å². The van der Waals surface area contributed by atoms with E-state index in [0.29, 0.717) is 25.7 Å². The number of aliphatic hydroxyl groups is 1. The molecule has 0 aromatic heterocycles. The zero-order valence-electron chi connectivity index (χ0n) is 11.6. The average molecular weight is 270 g/mol. The lowest BCUT2D eigenvalue weighted by molar-refractivity contribution is -0.123. The fraction of sp³-hybridized carbons (Fsp3) is 0.929. The van der Waals surface area contributed by atoms with Crippen LogP contribution in [-0.4, -0.2) is 50.0 Å². The largest absolute Gasteiger partial charge is 0.396 e. The third-order valence-electron chi connectivity index (χ3n) is 4.23. The predicted molar refractivity (Wildman–Crippen MR) is 72.8 cm³/mol. The molecule has 5 nitrogen and oxygen atoms in total. The molecular weight excluding hydrogens is 244 g/mol. The van der Waals surface area contributed by atoms with Crippen LogP contribution in [0, 0.1) is 5.41 Å². The predicted octanol–water partition coefficient (Wildman–Crippen LogP) is 0.424. The summed E-state index contributed by atoms with van der Waals surface area (Å²) in [6, 6.07) is 0. The fourth-order valence-corrected chi connectivity index (χ4v) is 2.58. The summed E-state index contributed by atoms with van der Waals surface area (Å²) in [6.45, 7) is 3.47. The lowest BCUT2D eigenvalue weighted by Crippen LogP contribution is -2.34. The van der Waals surface area contributed by atoms with Gasteiger partial charge in [-0.25, -0.2) is 0 Å². The van der Waals surface area contributed by atoms with Crippen molar-refractivity contribution in [1.29, 1.82) is 0 Å². The van der Waals surface area contributed by atoms with Crippen LogP contribution in [0.4, 0.5) is 0 Å². The Kier molecular flexibility index (Phi) is 5.60. The maximum Gasteiger partial charge on any atom is 0.222 e. The monoisotopic (exact) mass is 270 g/mol. The summed E-state index contributed by atoms with van der Waals surface area (Å²) >= 11 is 0. The Labute approximate surface area is 115 Å². The number of aliphatic hydroxyl groups excluding tert-OH is 1. The maximum absolute atomic E-state index is 11.7. The van der Waals surface area contributed by atoms with Crippen LogP contribution in [0.1, 0.15) is 38.5 Å². The van der Waals surface area contributed by atoms with E-state index in [0.717, 1.165) is 45.2 Å². The van der Waals surface area contributed by atoms with Gasteiger partial charge in [0.1, 0.15) is 0 Å². The molecule has 1 amide bonds. The minimum absolute atomic E-state index is 0.0677. The summed E-state index contributed by atoms with van der Waals surface area (Å²) in [7, 11) is 0. The van der Waals surface area contributed by atoms with Gasteiger partial charge in [0.05, 0.1) is 12.7 Å². The molecule has 19 heavy (non-hydrogen) atoms. The number of carbonyl (C=O) groups excluding carboxylic acids is 1. The van der Waals surface area contributed by atoms with E-state index in [1.54, 1.807) is 0 Å². The molecule has 1 saturated heterocycles. The smallest absolute Gasteiger partial charge is 0.222 e. The second-order valence-corrected chi connectivity index (χ2v) is 5.82. The van der Waals surface area contributed by atoms with Crippen molar-refractivity contribution in [2.24, 2.45) is 5.41 Å². The molecule has 0 aromatic carbocycles. The van der Waals surface area contributed by atoms with E-state index in [9.17, 15) is 4.79 Å². The van der Waals surface area contributed by atoms with Gasteiger partial charge in [0.15, 0.2) is 0 Å². The highest BCUT2D eigenvalue weighted by molar-refractivity contribution is 5.76. The second-order valence-electron chi connectivity index (χ2n) is 5.82. The van der Waals surface area contributed by atoms with Crippen LogP contribution in [0.5, 0.6) is 0 Å². The number of nitrogens with one attached hydrogen (secondary N) is 2. The van der Waals surface area contributed by atoms with Crippen molar-refractivity contribution in [3.63, 3.8) is 0 Å². The molecule has 110 valence electrons. The molecule has 0 unspecified atom stereocenters. The highest BCUT2D eigenvalue weighted by Crippen LogP contribution is 2.47. The summed E-state index contributed by atoms with van der Waals surface area (Å²) in [5.41, 5.74) is 0.195.